The van der Waals surface area contributed by atoms with E-state index in [0.29, 0.717) is 17.5 Å². The highest BCUT2D eigenvalue weighted by molar-refractivity contribution is 7.99. The summed E-state index contributed by atoms with van der Waals surface area (Å²) in [6, 6.07) is 9.04. The molecule has 2 rings (SSSR count). The maximum Gasteiger partial charge on any atom is 0.251 e. The van der Waals surface area contributed by atoms with Crippen LogP contribution >= 0.6 is 11.8 Å². The van der Waals surface area contributed by atoms with Gasteiger partial charge in [0, 0.05) is 17.5 Å². The van der Waals surface area contributed by atoms with E-state index in [4.69, 9.17) is 9.47 Å². The van der Waals surface area contributed by atoms with E-state index in [2.05, 4.69) is 16.9 Å². The third kappa shape index (κ3) is 5.98. The molecule has 124 valence electrons. The summed E-state index contributed by atoms with van der Waals surface area (Å²) in [4.78, 5) is 18.9. The van der Waals surface area contributed by atoms with Crippen LogP contribution in [0.1, 0.15) is 25.5 Å². The molecule has 0 radical (unpaired) electrons. The first-order valence-corrected chi connectivity index (χ1v) is 8.69. The fourth-order valence-electron chi connectivity index (χ4n) is 2.01. The number of aryl methyl sites for hydroxylation is 1. The number of rotatable bonds is 9. The molecule has 5 nitrogen and oxygen atoms in total. The molecule has 2 aromatic rings. The Morgan fingerprint density at radius 1 is 1.22 bits per heavy atom. The number of nitrogens with one attached hydrogen (secondary N) is 1. The number of aromatic amines is 1. The molecule has 0 saturated carbocycles. The van der Waals surface area contributed by atoms with E-state index in [0.717, 1.165) is 36.5 Å². The van der Waals surface area contributed by atoms with Crippen LogP contribution in [0.3, 0.4) is 0 Å². The summed E-state index contributed by atoms with van der Waals surface area (Å²) in [5.74, 6) is 2.31. The normalized spacial score (nSPS) is 10.5. The van der Waals surface area contributed by atoms with Crippen molar-refractivity contribution < 1.29 is 9.47 Å². The lowest BCUT2D eigenvalue weighted by Crippen LogP contribution is -2.11. The highest BCUT2D eigenvalue weighted by Gasteiger charge is 2.03. The molecule has 0 aliphatic rings. The van der Waals surface area contributed by atoms with Gasteiger partial charge in [0.15, 0.2) is 5.16 Å². The van der Waals surface area contributed by atoms with Gasteiger partial charge in [0.2, 0.25) is 0 Å². The fraction of sp³-hybridized carbons (Fsp3) is 0.412. The largest absolute Gasteiger partial charge is 0.497 e. The van der Waals surface area contributed by atoms with Crippen LogP contribution in [0.15, 0.2) is 40.3 Å². The molecule has 0 unspecified atom stereocenters. The SMILES string of the molecule is CCCCc1cc(=O)[nH]c(SCCOc2ccc(OC)cc2)n1. The summed E-state index contributed by atoms with van der Waals surface area (Å²) in [6.07, 6.45) is 2.98. The zero-order valence-electron chi connectivity index (χ0n) is 13.5. The van der Waals surface area contributed by atoms with Crippen LogP contribution in [0.2, 0.25) is 0 Å². The highest BCUT2D eigenvalue weighted by Crippen LogP contribution is 2.18. The first-order valence-electron chi connectivity index (χ1n) is 7.71. The Morgan fingerprint density at radius 3 is 2.65 bits per heavy atom. The van der Waals surface area contributed by atoms with Gasteiger partial charge in [-0.05, 0) is 37.1 Å². The number of unbranched alkanes of at least 4 members (excludes halogenated alkanes) is 1. The van der Waals surface area contributed by atoms with E-state index < -0.39 is 0 Å². The second-order valence-electron chi connectivity index (χ2n) is 5.02. The van der Waals surface area contributed by atoms with Crippen molar-refractivity contribution >= 4 is 11.8 Å². The average Bonchev–Trinajstić information content (AvgIpc) is 2.57. The Bertz CT molecular complexity index is 656. The molecule has 0 bridgehead atoms. The number of H-pyrrole nitrogens is 1. The van der Waals surface area contributed by atoms with Crippen molar-refractivity contribution in [3.8, 4) is 11.5 Å². The van der Waals surface area contributed by atoms with E-state index in [1.54, 1.807) is 13.2 Å². The summed E-state index contributed by atoms with van der Waals surface area (Å²) >= 11 is 1.49. The Hall–Kier alpha value is -1.95. The lowest BCUT2D eigenvalue weighted by Gasteiger charge is -2.07. The second-order valence-corrected chi connectivity index (χ2v) is 6.10. The number of nitrogens with zero attached hydrogens (tertiary/aromatic N) is 1. The van der Waals surface area contributed by atoms with Crippen LogP contribution in [0.5, 0.6) is 11.5 Å². The van der Waals surface area contributed by atoms with Gasteiger partial charge in [-0.2, -0.15) is 0 Å². The number of methoxy groups -OCH3 is 1. The molecular weight excluding hydrogens is 312 g/mol. The minimum absolute atomic E-state index is 0.0929. The summed E-state index contributed by atoms with van der Waals surface area (Å²) in [5.41, 5.74) is 0.763. The molecule has 0 aliphatic heterocycles. The first-order chi connectivity index (χ1) is 11.2. The lowest BCUT2D eigenvalue weighted by molar-refractivity contribution is 0.342. The van der Waals surface area contributed by atoms with E-state index >= 15 is 0 Å². The van der Waals surface area contributed by atoms with Gasteiger partial charge in [0.25, 0.3) is 5.56 Å². The maximum absolute atomic E-state index is 11.6. The molecular formula is C17H22N2O3S. The van der Waals surface area contributed by atoms with Crippen molar-refractivity contribution in [1.82, 2.24) is 9.97 Å². The van der Waals surface area contributed by atoms with Gasteiger partial charge in [-0.3, -0.25) is 4.79 Å². The van der Waals surface area contributed by atoms with Crippen LogP contribution in [0.4, 0.5) is 0 Å². The minimum Gasteiger partial charge on any atom is -0.497 e. The standard InChI is InChI=1S/C17H22N2O3S/c1-3-4-5-13-12-16(20)19-17(18-13)23-11-10-22-15-8-6-14(21-2)7-9-15/h6-9,12H,3-5,10-11H2,1-2H3,(H,18,19,20). The quantitative estimate of drug-likeness (QED) is 0.433. The topological polar surface area (TPSA) is 64.2 Å². The van der Waals surface area contributed by atoms with Gasteiger partial charge in [-0.25, -0.2) is 4.98 Å². The molecule has 0 spiro atoms. The monoisotopic (exact) mass is 334 g/mol. The molecule has 0 amide bonds. The van der Waals surface area contributed by atoms with Gasteiger partial charge >= 0.3 is 0 Å². The van der Waals surface area contributed by atoms with Crippen LogP contribution < -0.4 is 15.0 Å². The summed E-state index contributed by atoms with van der Waals surface area (Å²) in [5, 5.41) is 0.655. The number of thioether (sulfide) groups is 1. The molecule has 0 atom stereocenters. The number of hydrogen-bond donors (Lipinski definition) is 1. The molecule has 6 heteroatoms. The molecule has 1 heterocycles. The van der Waals surface area contributed by atoms with E-state index in [1.165, 1.54) is 11.8 Å². The van der Waals surface area contributed by atoms with E-state index in [-0.39, 0.29) is 5.56 Å². The molecule has 1 aromatic carbocycles. The summed E-state index contributed by atoms with van der Waals surface area (Å²) < 4.78 is 10.8. The third-order valence-electron chi connectivity index (χ3n) is 3.21. The van der Waals surface area contributed by atoms with Crippen LogP contribution in [0.25, 0.3) is 0 Å². The molecule has 1 N–H and O–H groups in total. The smallest absolute Gasteiger partial charge is 0.251 e. The van der Waals surface area contributed by atoms with Crippen molar-refractivity contribution in [1.29, 1.82) is 0 Å². The van der Waals surface area contributed by atoms with Gasteiger partial charge in [0.1, 0.15) is 11.5 Å². The van der Waals surface area contributed by atoms with Gasteiger partial charge < -0.3 is 14.5 Å². The Morgan fingerprint density at radius 2 is 1.96 bits per heavy atom. The zero-order valence-corrected chi connectivity index (χ0v) is 14.3. The minimum atomic E-state index is -0.0929. The average molecular weight is 334 g/mol. The Kier molecular flexibility index (Phi) is 7.00. The number of aromatic nitrogens is 2. The van der Waals surface area contributed by atoms with Crippen LogP contribution in [0, 0.1) is 0 Å². The Balaban J connectivity index is 1.81. The maximum atomic E-state index is 11.6. The van der Waals surface area contributed by atoms with E-state index in [9.17, 15) is 4.79 Å². The molecule has 1 aromatic heterocycles. The van der Waals surface area contributed by atoms with Crippen LogP contribution in [-0.2, 0) is 6.42 Å². The van der Waals surface area contributed by atoms with Crippen LogP contribution in [-0.4, -0.2) is 29.4 Å². The molecule has 0 saturated heterocycles. The highest BCUT2D eigenvalue weighted by atomic mass is 32.2. The van der Waals surface area contributed by atoms with Crippen molar-refractivity contribution in [3.63, 3.8) is 0 Å². The fourth-order valence-corrected chi connectivity index (χ4v) is 2.72. The summed E-state index contributed by atoms with van der Waals surface area (Å²) in [6.45, 7) is 2.67. The molecule has 23 heavy (non-hydrogen) atoms. The van der Waals surface area contributed by atoms with Crippen molar-refractivity contribution in [2.75, 3.05) is 19.5 Å². The second kappa shape index (κ2) is 9.25. The third-order valence-corrected chi connectivity index (χ3v) is 4.05. The number of benzene rings is 1. The molecule has 0 fully saturated rings. The zero-order chi connectivity index (χ0) is 16.5. The van der Waals surface area contributed by atoms with E-state index in [1.807, 2.05) is 24.3 Å². The van der Waals surface area contributed by atoms with Crippen molar-refractivity contribution in [3.05, 3.63) is 46.4 Å². The number of hydrogen-bond acceptors (Lipinski definition) is 5. The van der Waals surface area contributed by atoms with Gasteiger partial charge in [-0.1, -0.05) is 25.1 Å². The van der Waals surface area contributed by atoms with Gasteiger partial charge in [-0.15, -0.1) is 0 Å². The predicted molar refractivity (Wildman–Crippen MR) is 92.7 cm³/mol. The van der Waals surface area contributed by atoms with Crippen molar-refractivity contribution in [2.24, 2.45) is 0 Å². The lowest BCUT2D eigenvalue weighted by atomic mass is 10.2. The molecule has 0 aliphatic carbocycles. The van der Waals surface area contributed by atoms with Gasteiger partial charge in [0.05, 0.1) is 13.7 Å². The number of ether oxygens (including phenoxy) is 2. The predicted octanol–water partition coefficient (Wildman–Crippen LogP) is 3.29. The Labute approximate surface area is 140 Å². The summed E-state index contributed by atoms with van der Waals surface area (Å²) in [7, 11) is 1.63. The van der Waals surface area contributed by atoms with Crippen molar-refractivity contribution in [2.45, 2.75) is 31.3 Å². The first kappa shape index (κ1) is 17.4.